The van der Waals surface area contributed by atoms with Gasteiger partial charge in [-0.25, -0.2) is 0 Å². The normalized spacial score (nSPS) is 11.7. The first-order valence-corrected chi connectivity index (χ1v) is 20.2. The van der Waals surface area contributed by atoms with Gasteiger partial charge in [0.15, 0.2) is 0 Å². The predicted molar refractivity (Wildman–Crippen MR) is 249 cm³/mol. The maximum Gasteiger partial charge on any atom is 0.136 e. The van der Waals surface area contributed by atoms with Crippen LogP contribution in [0.3, 0.4) is 0 Å². The van der Waals surface area contributed by atoms with E-state index in [1.165, 1.54) is 49.0 Å². The van der Waals surface area contributed by atoms with Crippen LogP contribution in [0.15, 0.2) is 223 Å². The number of nitrogens with zero attached hydrogens (tertiary/aromatic N) is 2. The van der Waals surface area contributed by atoms with Crippen molar-refractivity contribution in [1.82, 2.24) is 4.57 Å². The first kappa shape index (κ1) is 33.3. The molecule has 2 heterocycles. The molecule has 0 aliphatic carbocycles. The number of aromatic nitrogens is 1. The highest BCUT2D eigenvalue weighted by molar-refractivity contribution is 6.18. The van der Waals surface area contributed by atoms with Crippen LogP contribution >= 0.6 is 0 Å². The molecule has 0 unspecified atom stereocenters. The Morgan fingerprint density at radius 3 is 1.81 bits per heavy atom. The number of fused-ring (bicyclic) bond motifs is 9. The summed E-state index contributed by atoms with van der Waals surface area (Å²) in [7, 11) is 0. The Labute approximate surface area is 341 Å². The zero-order chi connectivity index (χ0) is 38.9. The van der Waals surface area contributed by atoms with Gasteiger partial charge in [-0.15, -0.1) is 0 Å². The van der Waals surface area contributed by atoms with Crippen LogP contribution in [0.5, 0.6) is 0 Å². The third-order valence-electron chi connectivity index (χ3n) is 12.0. The molecule has 2 aromatic heterocycles. The summed E-state index contributed by atoms with van der Waals surface area (Å²) in [4.78, 5) is 2.43. The molecule has 12 rings (SSSR count). The first-order valence-electron chi connectivity index (χ1n) is 20.2. The molecule has 0 aliphatic heterocycles. The number of hydrogen-bond donors (Lipinski definition) is 0. The van der Waals surface area contributed by atoms with Crippen molar-refractivity contribution in [2.75, 3.05) is 4.90 Å². The Kier molecular flexibility index (Phi) is 7.54. The molecular formula is C56H36N2O. The van der Waals surface area contributed by atoms with Gasteiger partial charge in [-0.2, -0.15) is 0 Å². The Hall–Kier alpha value is -7.88. The summed E-state index contributed by atoms with van der Waals surface area (Å²) in [5.74, 6) is 0. The molecule has 0 fully saturated rings. The number of hydrogen-bond acceptors (Lipinski definition) is 2. The third kappa shape index (κ3) is 5.36. The van der Waals surface area contributed by atoms with E-state index < -0.39 is 0 Å². The lowest BCUT2D eigenvalue weighted by atomic mass is 9.93. The molecule has 0 spiro atoms. The zero-order valence-corrected chi connectivity index (χ0v) is 32.1. The van der Waals surface area contributed by atoms with E-state index in [4.69, 9.17) is 4.42 Å². The maximum atomic E-state index is 6.60. The summed E-state index contributed by atoms with van der Waals surface area (Å²) in [6.07, 6.45) is 0. The summed E-state index contributed by atoms with van der Waals surface area (Å²) in [6.45, 7) is 0. The molecular weight excluding hydrogens is 717 g/mol. The van der Waals surface area contributed by atoms with Crippen molar-refractivity contribution >= 4 is 82.4 Å². The van der Waals surface area contributed by atoms with Gasteiger partial charge in [0.25, 0.3) is 0 Å². The molecule has 0 saturated carbocycles. The highest BCUT2D eigenvalue weighted by atomic mass is 16.3. The average molecular weight is 753 g/mol. The molecule has 276 valence electrons. The van der Waals surface area contributed by atoms with Crippen LogP contribution < -0.4 is 4.90 Å². The summed E-state index contributed by atoms with van der Waals surface area (Å²) in [5.41, 5.74) is 13.0. The third-order valence-corrected chi connectivity index (χ3v) is 12.0. The first-order chi connectivity index (χ1) is 29.3. The highest BCUT2D eigenvalue weighted by Gasteiger charge is 2.24. The average Bonchev–Trinajstić information content (AvgIpc) is 3.85. The summed E-state index contributed by atoms with van der Waals surface area (Å²) < 4.78 is 9.00. The smallest absolute Gasteiger partial charge is 0.136 e. The van der Waals surface area contributed by atoms with Crippen LogP contribution in [0.1, 0.15) is 0 Å². The fourth-order valence-corrected chi connectivity index (χ4v) is 9.27. The minimum atomic E-state index is 0.864. The van der Waals surface area contributed by atoms with Crippen LogP contribution in [-0.4, -0.2) is 4.57 Å². The number of rotatable bonds is 6. The van der Waals surface area contributed by atoms with Crippen molar-refractivity contribution in [3.63, 3.8) is 0 Å². The lowest BCUT2D eigenvalue weighted by molar-refractivity contribution is 0.669. The van der Waals surface area contributed by atoms with Gasteiger partial charge in [-0.1, -0.05) is 152 Å². The SMILES string of the molecule is c1ccc(-c2ccc(N(c3ccc4c5ccccc5n(-c5ccccc5)c4c3)c3ccc4oc5ccccc5c4c3-c3ccc4c(ccc5ccccc54)c3)cc2)cc1. The maximum absolute atomic E-state index is 6.60. The summed E-state index contributed by atoms with van der Waals surface area (Å²) >= 11 is 0. The van der Waals surface area contributed by atoms with Crippen molar-refractivity contribution in [3.05, 3.63) is 218 Å². The molecule has 3 heteroatoms. The molecule has 59 heavy (non-hydrogen) atoms. The Bertz CT molecular complexity index is 3540. The molecule has 0 N–H and O–H groups in total. The predicted octanol–water partition coefficient (Wildman–Crippen LogP) is 15.8. The Morgan fingerprint density at radius 2 is 0.966 bits per heavy atom. The number of para-hydroxylation sites is 3. The van der Waals surface area contributed by atoms with E-state index in [-0.39, 0.29) is 0 Å². The molecule has 0 bridgehead atoms. The number of benzene rings is 10. The second-order valence-electron chi connectivity index (χ2n) is 15.3. The monoisotopic (exact) mass is 752 g/mol. The van der Waals surface area contributed by atoms with E-state index in [1.807, 2.05) is 6.07 Å². The summed E-state index contributed by atoms with van der Waals surface area (Å²) in [6, 6.07) is 78.8. The van der Waals surface area contributed by atoms with Crippen LogP contribution in [-0.2, 0) is 0 Å². The molecule has 0 saturated heterocycles. The molecule has 10 aromatic carbocycles. The van der Waals surface area contributed by atoms with Gasteiger partial charge in [-0.3, -0.25) is 0 Å². The highest BCUT2D eigenvalue weighted by Crippen LogP contribution is 2.49. The Morgan fingerprint density at radius 1 is 0.356 bits per heavy atom. The second-order valence-corrected chi connectivity index (χ2v) is 15.3. The van der Waals surface area contributed by atoms with E-state index in [2.05, 4.69) is 222 Å². The van der Waals surface area contributed by atoms with Crippen LogP contribution in [0.4, 0.5) is 17.1 Å². The minimum Gasteiger partial charge on any atom is -0.456 e. The van der Waals surface area contributed by atoms with E-state index >= 15 is 0 Å². The molecule has 12 aromatic rings. The minimum absolute atomic E-state index is 0.864. The molecule has 0 radical (unpaired) electrons. The molecule has 0 amide bonds. The van der Waals surface area contributed by atoms with Gasteiger partial charge in [0.05, 0.1) is 16.7 Å². The standard InChI is InChI=1S/C56H36N2O/c1-3-13-37(14-4-1)38-25-28-43(29-26-38)57(44-30-32-48-47-19-9-11-21-50(47)58(52(48)36-44)42-16-5-2-6-17-42)51-33-34-54-56(49-20-10-12-22-53(49)59-54)55(51)41-27-31-46-40(35-41)24-23-39-15-7-8-18-45(39)46/h1-36H. The van der Waals surface area contributed by atoms with Gasteiger partial charge >= 0.3 is 0 Å². The van der Waals surface area contributed by atoms with Gasteiger partial charge in [0.1, 0.15) is 11.2 Å². The van der Waals surface area contributed by atoms with E-state index in [9.17, 15) is 0 Å². The van der Waals surface area contributed by atoms with E-state index in [0.717, 1.165) is 61.3 Å². The van der Waals surface area contributed by atoms with Gasteiger partial charge in [0, 0.05) is 44.2 Å². The van der Waals surface area contributed by atoms with Gasteiger partial charge in [0.2, 0.25) is 0 Å². The lowest BCUT2D eigenvalue weighted by Crippen LogP contribution is -2.11. The molecule has 0 aliphatic rings. The van der Waals surface area contributed by atoms with Crippen molar-refractivity contribution in [2.24, 2.45) is 0 Å². The number of furan rings is 1. The van der Waals surface area contributed by atoms with Crippen LogP contribution in [0.25, 0.3) is 93.2 Å². The fourth-order valence-electron chi connectivity index (χ4n) is 9.27. The van der Waals surface area contributed by atoms with Crippen LogP contribution in [0.2, 0.25) is 0 Å². The second kappa shape index (κ2) is 13.4. The topological polar surface area (TPSA) is 21.3 Å². The number of anilines is 3. The van der Waals surface area contributed by atoms with Crippen LogP contribution in [0, 0.1) is 0 Å². The summed E-state index contributed by atoms with van der Waals surface area (Å²) in [5, 5.41) is 9.57. The largest absolute Gasteiger partial charge is 0.456 e. The van der Waals surface area contributed by atoms with Crippen molar-refractivity contribution < 1.29 is 4.42 Å². The van der Waals surface area contributed by atoms with E-state index in [1.54, 1.807) is 0 Å². The van der Waals surface area contributed by atoms with E-state index in [0.29, 0.717) is 0 Å². The van der Waals surface area contributed by atoms with Crippen molar-refractivity contribution in [1.29, 1.82) is 0 Å². The molecule has 0 atom stereocenters. The Balaban J connectivity index is 1.16. The lowest BCUT2D eigenvalue weighted by Gasteiger charge is -2.29. The zero-order valence-electron chi connectivity index (χ0n) is 32.1. The van der Waals surface area contributed by atoms with Crippen molar-refractivity contribution in [3.8, 4) is 27.9 Å². The van der Waals surface area contributed by atoms with Crippen molar-refractivity contribution in [2.45, 2.75) is 0 Å². The van der Waals surface area contributed by atoms with Gasteiger partial charge in [-0.05, 0) is 105 Å². The van der Waals surface area contributed by atoms with Gasteiger partial charge < -0.3 is 13.9 Å². The molecule has 3 nitrogen and oxygen atoms in total. The fraction of sp³-hybridized carbons (Fsp3) is 0. The quantitative estimate of drug-likeness (QED) is 0.158.